The Morgan fingerprint density at radius 2 is 1.93 bits per heavy atom. The van der Waals surface area contributed by atoms with E-state index in [9.17, 15) is 14.4 Å². The molecule has 0 radical (unpaired) electrons. The summed E-state index contributed by atoms with van der Waals surface area (Å²) in [6.07, 6.45) is 0.00758. The SMILES string of the molecule is O=C(CCN1C(=O)c2cccc(Cl)c2C1=O)NCc1ccc2c(c1)OCO2. The van der Waals surface area contributed by atoms with Gasteiger partial charge in [-0.15, -0.1) is 0 Å². The number of fused-ring (bicyclic) bond motifs is 2. The third kappa shape index (κ3) is 3.21. The predicted molar refractivity (Wildman–Crippen MR) is 95.8 cm³/mol. The van der Waals surface area contributed by atoms with Gasteiger partial charge in [0.1, 0.15) is 0 Å². The topological polar surface area (TPSA) is 84.9 Å². The Labute approximate surface area is 159 Å². The van der Waals surface area contributed by atoms with Crippen molar-refractivity contribution in [3.63, 3.8) is 0 Å². The van der Waals surface area contributed by atoms with Crippen molar-refractivity contribution in [2.45, 2.75) is 13.0 Å². The zero-order chi connectivity index (χ0) is 19.0. The van der Waals surface area contributed by atoms with Gasteiger partial charge in [0.2, 0.25) is 12.7 Å². The molecule has 2 heterocycles. The molecule has 3 amide bonds. The summed E-state index contributed by atoms with van der Waals surface area (Å²) in [5.74, 6) is 0.152. The molecule has 138 valence electrons. The van der Waals surface area contributed by atoms with Crippen LogP contribution in [0.25, 0.3) is 0 Å². The van der Waals surface area contributed by atoms with Gasteiger partial charge in [0, 0.05) is 19.5 Å². The van der Waals surface area contributed by atoms with Crippen LogP contribution in [-0.2, 0) is 11.3 Å². The molecule has 1 N–H and O–H groups in total. The first-order valence-corrected chi connectivity index (χ1v) is 8.72. The van der Waals surface area contributed by atoms with Crippen LogP contribution in [0.5, 0.6) is 11.5 Å². The van der Waals surface area contributed by atoms with Crippen molar-refractivity contribution in [3.8, 4) is 11.5 Å². The second-order valence-electron chi connectivity index (χ2n) is 6.14. The van der Waals surface area contributed by atoms with E-state index in [-0.39, 0.29) is 41.8 Å². The van der Waals surface area contributed by atoms with Crippen LogP contribution in [-0.4, -0.2) is 36.0 Å². The van der Waals surface area contributed by atoms with Gasteiger partial charge >= 0.3 is 0 Å². The van der Waals surface area contributed by atoms with Gasteiger partial charge in [0.15, 0.2) is 11.5 Å². The summed E-state index contributed by atoms with van der Waals surface area (Å²) in [5.41, 5.74) is 1.33. The Balaban J connectivity index is 1.33. The van der Waals surface area contributed by atoms with Crippen molar-refractivity contribution in [2.75, 3.05) is 13.3 Å². The number of rotatable bonds is 5. The summed E-state index contributed by atoms with van der Waals surface area (Å²) in [7, 11) is 0. The van der Waals surface area contributed by atoms with Gasteiger partial charge < -0.3 is 14.8 Å². The smallest absolute Gasteiger partial charge is 0.263 e. The number of carbonyl (C=O) groups excluding carboxylic acids is 3. The van der Waals surface area contributed by atoms with E-state index in [1.807, 2.05) is 6.07 Å². The fourth-order valence-electron chi connectivity index (χ4n) is 3.05. The van der Waals surface area contributed by atoms with Crippen LogP contribution < -0.4 is 14.8 Å². The van der Waals surface area contributed by atoms with E-state index < -0.39 is 11.8 Å². The third-order valence-corrected chi connectivity index (χ3v) is 4.75. The normalized spacial score (nSPS) is 14.5. The monoisotopic (exact) mass is 386 g/mol. The maximum atomic E-state index is 12.4. The van der Waals surface area contributed by atoms with Crippen molar-refractivity contribution in [3.05, 3.63) is 58.1 Å². The molecule has 0 saturated heterocycles. The highest BCUT2D eigenvalue weighted by atomic mass is 35.5. The zero-order valence-corrected chi connectivity index (χ0v) is 14.9. The maximum Gasteiger partial charge on any atom is 0.263 e. The number of ether oxygens (including phenoxy) is 2. The summed E-state index contributed by atoms with van der Waals surface area (Å²) >= 11 is 6.02. The van der Waals surface area contributed by atoms with Gasteiger partial charge in [-0.05, 0) is 29.8 Å². The van der Waals surface area contributed by atoms with Crippen LogP contribution in [0.1, 0.15) is 32.7 Å². The van der Waals surface area contributed by atoms with Crippen LogP contribution in [0.2, 0.25) is 5.02 Å². The van der Waals surface area contributed by atoms with Gasteiger partial charge in [-0.25, -0.2) is 0 Å². The van der Waals surface area contributed by atoms with Crippen LogP contribution in [0.4, 0.5) is 0 Å². The quantitative estimate of drug-likeness (QED) is 0.797. The minimum absolute atomic E-state index is 0.00432. The van der Waals surface area contributed by atoms with Crippen molar-refractivity contribution in [2.24, 2.45) is 0 Å². The Hall–Kier alpha value is -3.06. The largest absolute Gasteiger partial charge is 0.454 e. The number of nitrogens with one attached hydrogen (secondary N) is 1. The molecule has 0 aromatic heterocycles. The Morgan fingerprint density at radius 3 is 2.74 bits per heavy atom. The summed E-state index contributed by atoms with van der Waals surface area (Å²) in [5, 5.41) is 3.00. The molecular weight excluding hydrogens is 372 g/mol. The lowest BCUT2D eigenvalue weighted by Gasteiger charge is -2.13. The molecule has 2 aromatic carbocycles. The lowest BCUT2D eigenvalue weighted by atomic mass is 10.1. The summed E-state index contributed by atoms with van der Waals surface area (Å²) in [6.45, 7) is 0.495. The van der Waals surface area contributed by atoms with Crippen LogP contribution in [0.3, 0.4) is 0 Å². The highest BCUT2D eigenvalue weighted by Crippen LogP contribution is 2.32. The van der Waals surface area contributed by atoms with Crippen LogP contribution >= 0.6 is 11.6 Å². The number of hydrogen-bond donors (Lipinski definition) is 1. The predicted octanol–water partition coefficient (Wildman–Crippen LogP) is 2.37. The molecule has 0 fully saturated rings. The number of imide groups is 1. The molecule has 2 aliphatic rings. The maximum absolute atomic E-state index is 12.4. The van der Waals surface area contributed by atoms with E-state index >= 15 is 0 Å². The van der Waals surface area contributed by atoms with E-state index in [1.54, 1.807) is 30.3 Å². The first kappa shape index (κ1) is 17.4. The molecule has 2 aromatic rings. The molecule has 0 bridgehead atoms. The highest BCUT2D eigenvalue weighted by Gasteiger charge is 2.37. The fourth-order valence-corrected chi connectivity index (χ4v) is 3.30. The molecule has 4 rings (SSSR count). The minimum atomic E-state index is -0.468. The first-order valence-electron chi connectivity index (χ1n) is 8.34. The number of hydrogen-bond acceptors (Lipinski definition) is 5. The van der Waals surface area contributed by atoms with Gasteiger partial charge in [-0.3, -0.25) is 19.3 Å². The van der Waals surface area contributed by atoms with Crippen molar-refractivity contribution in [1.82, 2.24) is 10.2 Å². The van der Waals surface area contributed by atoms with E-state index in [1.165, 1.54) is 0 Å². The molecule has 0 unspecified atom stereocenters. The zero-order valence-electron chi connectivity index (χ0n) is 14.2. The summed E-state index contributed by atoms with van der Waals surface area (Å²) in [6, 6.07) is 10.2. The molecule has 2 aliphatic heterocycles. The second-order valence-corrected chi connectivity index (χ2v) is 6.55. The second kappa shape index (κ2) is 6.92. The molecule has 0 atom stereocenters. The molecule has 0 saturated carbocycles. The molecular formula is C19H15ClN2O5. The van der Waals surface area contributed by atoms with Crippen LogP contribution in [0.15, 0.2) is 36.4 Å². The lowest BCUT2D eigenvalue weighted by molar-refractivity contribution is -0.121. The molecule has 0 spiro atoms. The average molecular weight is 387 g/mol. The van der Waals surface area contributed by atoms with Crippen molar-refractivity contribution in [1.29, 1.82) is 0 Å². The van der Waals surface area contributed by atoms with E-state index in [4.69, 9.17) is 21.1 Å². The number of nitrogens with zero attached hydrogens (tertiary/aromatic N) is 1. The Morgan fingerprint density at radius 1 is 1.11 bits per heavy atom. The number of carbonyl (C=O) groups is 3. The molecule has 27 heavy (non-hydrogen) atoms. The standard InChI is InChI=1S/C19H15ClN2O5/c20-13-3-1-2-12-17(13)19(25)22(18(12)24)7-6-16(23)21-9-11-4-5-14-15(8-11)27-10-26-14/h1-5,8H,6-7,9-10H2,(H,21,23). The van der Waals surface area contributed by atoms with Gasteiger partial charge in [0.25, 0.3) is 11.8 Å². The average Bonchev–Trinajstić information content (AvgIpc) is 3.22. The van der Waals surface area contributed by atoms with E-state index in [0.29, 0.717) is 18.0 Å². The fraction of sp³-hybridized carbons (Fsp3) is 0.211. The van der Waals surface area contributed by atoms with Crippen molar-refractivity contribution >= 4 is 29.3 Å². The van der Waals surface area contributed by atoms with Crippen LogP contribution in [0, 0.1) is 0 Å². The molecule has 8 heteroatoms. The highest BCUT2D eigenvalue weighted by molar-refractivity contribution is 6.37. The first-order chi connectivity index (χ1) is 13.0. The molecule has 7 nitrogen and oxygen atoms in total. The number of amides is 3. The summed E-state index contributed by atoms with van der Waals surface area (Å²) in [4.78, 5) is 37.9. The van der Waals surface area contributed by atoms with E-state index in [2.05, 4.69) is 5.32 Å². The van der Waals surface area contributed by atoms with Crippen molar-refractivity contribution < 1.29 is 23.9 Å². The minimum Gasteiger partial charge on any atom is -0.454 e. The third-order valence-electron chi connectivity index (χ3n) is 4.44. The lowest BCUT2D eigenvalue weighted by Crippen LogP contribution is -2.34. The van der Waals surface area contributed by atoms with E-state index in [0.717, 1.165) is 10.5 Å². The Bertz CT molecular complexity index is 959. The van der Waals surface area contributed by atoms with Gasteiger partial charge in [-0.2, -0.15) is 0 Å². The Kier molecular flexibility index (Phi) is 4.45. The number of benzene rings is 2. The number of halogens is 1. The summed E-state index contributed by atoms with van der Waals surface area (Å²) < 4.78 is 10.5. The molecule has 0 aliphatic carbocycles. The van der Waals surface area contributed by atoms with Gasteiger partial charge in [0.05, 0.1) is 16.1 Å². The van der Waals surface area contributed by atoms with Gasteiger partial charge in [-0.1, -0.05) is 23.7 Å².